The normalized spacial score (nSPS) is 12.5. The molecule has 70 valence electrons. The lowest BCUT2D eigenvalue weighted by Crippen LogP contribution is -2.02. The highest BCUT2D eigenvalue weighted by Gasteiger charge is 2.09. The summed E-state index contributed by atoms with van der Waals surface area (Å²) in [5.74, 6) is -0.0255. The highest BCUT2D eigenvalue weighted by Crippen LogP contribution is 2.18. The molecule has 1 aromatic rings. The maximum atomic E-state index is 10.7. The maximum absolute atomic E-state index is 10.7. The van der Waals surface area contributed by atoms with E-state index in [9.17, 15) is 9.90 Å². The molecule has 1 atom stereocenters. The monoisotopic (exact) mass is 198 g/mol. The third-order valence-electron chi connectivity index (χ3n) is 1.74. The molecule has 1 rings (SSSR count). The molecular weight excluding hydrogens is 188 g/mol. The van der Waals surface area contributed by atoms with E-state index in [0.717, 1.165) is 5.56 Å². The molecule has 1 aromatic carbocycles. The van der Waals surface area contributed by atoms with E-state index in [2.05, 4.69) is 0 Å². The van der Waals surface area contributed by atoms with Crippen molar-refractivity contribution in [2.24, 2.45) is 0 Å². The predicted molar refractivity (Wildman–Crippen MR) is 51.7 cm³/mol. The maximum Gasteiger partial charge on any atom is 0.132 e. The van der Waals surface area contributed by atoms with Gasteiger partial charge in [0.1, 0.15) is 5.78 Å². The third-order valence-corrected chi connectivity index (χ3v) is 1.99. The van der Waals surface area contributed by atoms with Crippen molar-refractivity contribution in [2.45, 2.75) is 19.4 Å². The summed E-state index contributed by atoms with van der Waals surface area (Å²) in [5, 5.41) is 10.1. The van der Waals surface area contributed by atoms with Crippen molar-refractivity contribution in [3.05, 3.63) is 34.9 Å². The number of hydrogen-bond donors (Lipinski definition) is 1. The molecule has 0 amide bonds. The zero-order chi connectivity index (χ0) is 9.84. The molecule has 13 heavy (non-hydrogen) atoms. The van der Waals surface area contributed by atoms with Crippen LogP contribution in [-0.4, -0.2) is 10.9 Å². The van der Waals surface area contributed by atoms with Crippen molar-refractivity contribution in [2.75, 3.05) is 0 Å². The molecule has 0 spiro atoms. The largest absolute Gasteiger partial charge is 0.388 e. The number of halogens is 1. The number of Topliss-reactive ketones (excluding diaryl/α,β-unsaturated/α-hetero) is 1. The van der Waals surface area contributed by atoms with Gasteiger partial charge in [-0.15, -0.1) is 0 Å². The van der Waals surface area contributed by atoms with Gasteiger partial charge in [0.25, 0.3) is 0 Å². The Kier molecular flexibility index (Phi) is 3.46. The molecule has 2 nitrogen and oxygen atoms in total. The SMILES string of the molecule is CC(=O)C[C@H](O)c1ccc(Cl)cc1. The van der Waals surface area contributed by atoms with Gasteiger partial charge in [-0.2, -0.15) is 0 Å². The molecule has 0 aliphatic rings. The first-order valence-electron chi connectivity index (χ1n) is 4.02. The summed E-state index contributed by atoms with van der Waals surface area (Å²) in [7, 11) is 0. The van der Waals surface area contributed by atoms with E-state index in [1.54, 1.807) is 24.3 Å². The lowest BCUT2D eigenvalue weighted by atomic mass is 10.1. The number of aliphatic hydroxyl groups is 1. The van der Waals surface area contributed by atoms with Crippen LogP contribution in [0.15, 0.2) is 24.3 Å². The van der Waals surface area contributed by atoms with Gasteiger partial charge in [0, 0.05) is 11.4 Å². The van der Waals surface area contributed by atoms with Gasteiger partial charge in [-0.1, -0.05) is 23.7 Å². The minimum Gasteiger partial charge on any atom is -0.388 e. The van der Waals surface area contributed by atoms with E-state index in [1.807, 2.05) is 0 Å². The van der Waals surface area contributed by atoms with Crippen LogP contribution in [0.5, 0.6) is 0 Å². The Balaban J connectivity index is 2.71. The van der Waals surface area contributed by atoms with Gasteiger partial charge in [-0.05, 0) is 24.6 Å². The van der Waals surface area contributed by atoms with Crippen LogP contribution in [-0.2, 0) is 4.79 Å². The smallest absolute Gasteiger partial charge is 0.132 e. The van der Waals surface area contributed by atoms with Crippen LogP contribution < -0.4 is 0 Å². The Bertz CT molecular complexity index is 292. The Morgan fingerprint density at radius 3 is 2.46 bits per heavy atom. The first-order valence-corrected chi connectivity index (χ1v) is 4.40. The van der Waals surface area contributed by atoms with Gasteiger partial charge in [0.15, 0.2) is 0 Å². The van der Waals surface area contributed by atoms with Crippen LogP contribution in [0.2, 0.25) is 5.02 Å². The number of carbonyl (C=O) groups is 1. The Labute approximate surface area is 82.2 Å². The molecule has 0 aliphatic carbocycles. The van der Waals surface area contributed by atoms with Crippen molar-refractivity contribution in [3.8, 4) is 0 Å². The number of aliphatic hydroxyl groups excluding tert-OH is 1. The second-order valence-corrected chi connectivity index (χ2v) is 3.41. The summed E-state index contributed by atoms with van der Waals surface area (Å²) < 4.78 is 0. The van der Waals surface area contributed by atoms with Gasteiger partial charge < -0.3 is 5.11 Å². The molecule has 3 heteroatoms. The van der Waals surface area contributed by atoms with E-state index in [0.29, 0.717) is 5.02 Å². The van der Waals surface area contributed by atoms with E-state index in [1.165, 1.54) is 6.92 Å². The van der Waals surface area contributed by atoms with Crippen molar-refractivity contribution in [3.63, 3.8) is 0 Å². The summed E-state index contributed by atoms with van der Waals surface area (Å²) in [5.41, 5.74) is 0.722. The third kappa shape index (κ3) is 3.17. The average Bonchev–Trinajstić information content (AvgIpc) is 2.04. The Morgan fingerprint density at radius 2 is 2.00 bits per heavy atom. The molecule has 1 N–H and O–H groups in total. The molecule has 0 radical (unpaired) electrons. The van der Waals surface area contributed by atoms with Crippen LogP contribution in [0, 0.1) is 0 Å². The minimum atomic E-state index is -0.713. The fourth-order valence-corrected chi connectivity index (χ4v) is 1.20. The van der Waals surface area contributed by atoms with Crippen molar-refractivity contribution < 1.29 is 9.90 Å². The van der Waals surface area contributed by atoms with E-state index in [4.69, 9.17) is 11.6 Å². The summed E-state index contributed by atoms with van der Waals surface area (Å²) in [4.78, 5) is 10.7. The Morgan fingerprint density at radius 1 is 1.46 bits per heavy atom. The topological polar surface area (TPSA) is 37.3 Å². The molecule has 0 unspecified atom stereocenters. The van der Waals surface area contributed by atoms with Gasteiger partial charge >= 0.3 is 0 Å². The van der Waals surface area contributed by atoms with Crippen LogP contribution >= 0.6 is 11.6 Å². The average molecular weight is 199 g/mol. The number of hydrogen-bond acceptors (Lipinski definition) is 2. The van der Waals surface area contributed by atoms with Crippen molar-refractivity contribution in [1.82, 2.24) is 0 Å². The fraction of sp³-hybridized carbons (Fsp3) is 0.300. The second kappa shape index (κ2) is 4.40. The van der Waals surface area contributed by atoms with Gasteiger partial charge in [-0.3, -0.25) is 4.79 Å². The molecule has 0 aliphatic heterocycles. The van der Waals surface area contributed by atoms with Gasteiger partial charge in [0.05, 0.1) is 6.10 Å². The van der Waals surface area contributed by atoms with E-state index in [-0.39, 0.29) is 12.2 Å². The summed E-state index contributed by atoms with van der Waals surface area (Å²) in [6.45, 7) is 1.46. The first kappa shape index (κ1) is 10.2. The fourth-order valence-electron chi connectivity index (χ4n) is 1.08. The molecule has 0 saturated carbocycles. The number of rotatable bonds is 3. The summed E-state index contributed by atoms with van der Waals surface area (Å²) >= 11 is 5.67. The molecule has 0 fully saturated rings. The zero-order valence-corrected chi connectivity index (χ0v) is 8.08. The number of ketones is 1. The van der Waals surface area contributed by atoms with Crippen molar-refractivity contribution in [1.29, 1.82) is 0 Å². The molecule has 0 heterocycles. The van der Waals surface area contributed by atoms with Crippen molar-refractivity contribution >= 4 is 17.4 Å². The van der Waals surface area contributed by atoms with Gasteiger partial charge in [0.2, 0.25) is 0 Å². The van der Waals surface area contributed by atoms with Gasteiger partial charge in [-0.25, -0.2) is 0 Å². The standard InChI is InChI=1S/C10H11ClO2/c1-7(12)6-10(13)8-2-4-9(11)5-3-8/h2-5,10,13H,6H2,1H3/t10-/m0/s1. The van der Waals surface area contributed by atoms with Crippen LogP contribution in [0.25, 0.3) is 0 Å². The quantitative estimate of drug-likeness (QED) is 0.810. The zero-order valence-electron chi connectivity index (χ0n) is 7.33. The van der Waals surface area contributed by atoms with Crippen LogP contribution in [0.3, 0.4) is 0 Å². The van der Waals surface area contributed by atoms with E-state index < -0.39 is 6.10 Å². The van der Waals surface area contributed by atoms with Crippen LogP contribution in [0.1, 0.15) is 25.0 Å². The number of benzene rings is 1. The predicted octanol–water partition coefficient (Wildman–Crippen LogP) is 2.35. The van der Waals surface area contributed by atoms with E-state index >= 15 is 0 Å². The summed E-state index contributed by atoms with van der Waals surface area (Å²) in [6, 6.07) is 6.83. The molecule has 0 saturated heterocycles. The number of carbonyl (C=O) groups excluding carboxylic acids is 1. The Hall–Kier alpha value is -0.860. The minimum absolute atomic E-state index is 0.0255. The molecule has 0 bridgehead atoms. The highest BCUT2D eigenvalue weighted by atomic mass is 35.5. The summed E-state index contributed by atoms with van der Waals surface area (Å²) in [6.07, 6.45) is -0.559. The first-order chi connectivity index (χ1) is 6.09. The molecular formula is C10H11ClO2. The second-order valence-electron chi connectivity index (χ2n) is 2.97. The van der Waals surface area contributed by atoms with Crippen LogP contribution in [0.4, 0.5) is 0 Å². The molecule has 0 aromatic heterocycles. The highest BCUT2D eigenvalue weighted by molar-refractivity contribution is 6.30. The lowest BCUT2D eigenvalue weighted by Gasteiger charge is -2.08. The lowest BCUT2D eigenvalue weighted by molar-refractivity contribution is -0.118.